The minimum Gasteiger partial charge on any atom is -0.379 e. The maximum Gasteiger partial charge on any atom is 0.195 e. The molecule has 28 heavy (non-hydrogen) atoms. The van der Waals surface area contributed by atoms with Gasteiger partial charge >= 0.3 is 0 Å². The molecule has 0 spiro atoms. The highest BCUT2D eigenvalue weighted by molar-refractivity contribution is 7.99. The van der Waals surface area contributed by atoms with Crippen LogP contribution in [-0.4, -0.2) is 58.3 Å². The van der Waals surface area contributed by atoms with E-state index in [1.165, 1.54) is 5.56 Å². The Morgan fingerprint density at radius 2 is 1.71 bits per heavy atom. The molecule has 1 saturated heterocycles. The van der Waals surface area contributed by atoms with Gasteiger partial charge in [-0.2, -0.15) is 0 Å². The van der Waals surface area contributed by atoms with E-state index in [1.54, 1.807) is 11.8 Å². The Morgan fingerprint density at radius 3 is 2.46 bits per heavy atom. The van der Waals surface area contributed by atoms with Crippen LogP contribution >= 0.6 is 23.4 Å². The van der Waals surface area contributed by atoms with Gasteiger partial charge in [-0.25, -0.2) is 0 Å². The highest BCUT2D eigenvalue weighted by Gasteiger charge is 2.16. The fraction of sp³-hybridized carbons (Fsp3) is 0.333. The number of halogens is 1. The molecule has 1 aromatic heterocycles. The van der Waals surface area contributed by atoms with Crippen LogP contribution < -0.4 is 0 Å². The van der Waals surface area contributed by atoms with Crippen LogP contribution in [-0.2, 0) is 11.2 Å². The number of hydrogen-bond acceptors (Lipinski definition) is 5. The molecule has 5 nitrogen and oxygen atoms in total. The van der Waals surface area contributed by atoms with E-state index in [2.05, 4.69) is 43.9 Å². The summed E-state index contributed by atoms with van der Waals surface area (Å²) in [6, 6.07) is 18.2. The molecule has 0 atom stereocenters. The van der Waals surface area contributed by atoms with Gasteiger partial charge in [0.25, 0.3) is 0 Å². The van der Waals surface area contributed by atoms with Crippen molar-refractivity contribution in [3.05, 3.63) is 71.0 Å². The average molecular weight is 415 g/mol. The molecule has 0 saturated carbocycles. The molecule has 146 valence electrons. The molecule has 0 N–H and O–H groups in total. The van der Waals surface area contributed by atoms with E-state index in [-0.39, 0.29) is 0 Å². The van der Waals surface area contributed by atoms with Crippen molar-refractivity contribution >= 4 is 23.4 Å². The molecule has 0 radical (unpaired) electrons. The highest BCUT2D eigenvalue weighted by Crippen LogP contribution is 2.24. The van der Waals surface area contributed by atoms with Crippen molar-refractivity contribution in [2.75, 3.05) is 38.6 Å². The Morgan fingerprint density at radius 1 is 0.964 bits per heavy atom. The number of morpholine rings is 1. The standard InChI is InChI=1S/C21H23ClN4OS/c22-18-6-8-19(9-7-18)26-20(16-17-4-2-1-3-5-17)23-24-21(26)28-15-12-25-10-13-27-14-11-25/h1-9H,10-16H2. The molecule has 0 bridgehead atoms. The lowest BCUT2D eigenvalue weighted by Crippen LogP contribution is -2.37. The molecular formula is C21H23ClN4OS. The quantitative estimate of drug-likeness (QED) is 0.548. The molecular weight excluding hydrogens is 392 g/mol. The van der Waals surface area contributed by atoms with Crippen LogP contribution in [0.4, 0.5) is 0 Å². The van der Waals surface area contributed by atoms with E-state index in [0.717, 1.165) is 66.7 Å². The van der Waals surface area contributed by atoms with E-state index in [1.807, 2.05) is 30.3 Å². The van der Waals surface area contributed by atoms with Gasteiger partial charge in [0.05, 0.1) is 13.2 Å². The molecule has 7 heteroatoms. The van der Waals surface area contributed by atoms with E-state index in [0.29, 0.717) is 0 Å². The molecule has 2 aromatic carbocycles. The molecule has 1 aliphatic heterocycles. The Kier molecular flexibility index (Phi) is 6.65. The molecule has 1 fully saturated rings. The minimum absolute atomic E-state index is 0.725. The number of nitrogens with zero attached hydrogens (tertiary/aromatic N) is 4. The maximum absolute atomic E-state index is 6.09. The summed E-state index contributed by atoms with van der Waals surface area (Å²) in [7, 11) is 0. The predicted octanol–water partition coefficient (Wildman–Crippen LogP) is 3.94. The molecule has 0 unspecified atom stereocenters. The number of thioether (sulfide) groups is 1. The van der Waals surface area contributed by atoms with Gasteiger partial charge in [-0.3, -0.25) is 9.47 Å². The number of rotatable bonds is 7. The first-order valence-electron chi connectivity index (χ1n) is 9.47. The number of benzene rings is 2. The first kappa shape index (κ1) is 19.5. The van der Waals surface area contributed by atoms with Crippen LogP contribution in [0.3, 0.4) is 0 Å². The van der Waals surface area contributed by atoms with Gasteiger partial charge < -0.3 is 4.74 Å². The van der Waals surface area contributed by atoms with Gasteiger partial charge in [-0.05, 0) is 29.8 Å². The number of ether oxygens (including phenoxy) is 1. The summed E-state index contributed by atoms with van der Waals surface area (Å²) >= 11 is 7.84. The first-order chi connectivity index (χ1) is 13.8. The van der Waals surface area contributed by atoms with Crippen LogP contribution in [0.1, 0.15) is 11.4 Å². The number of hydrogen-bond donors (Lipinski definition) is 0. The van der Waals surface area contributed by atoms with Gasteiger partial charge in [-0.15, -0.1) is 10.2 Å². The van der Waals surface area contributed by atoms with Gasteiger partial charge in [0.1, 0.15) is 5.82 Å². The summed E-state index contributed by atoms with van der Waals surface area (Å²) in [6.45, 7) is 4.68. The van der Waals surface area contributed by atoms with Gasteiger partial charge in [0, 0.05) is 42.5 Å². The van der Waals surface area contributed by atoms with Gasteiger partial charge in [0.2, 0.25) is 0 Å². The summed E-state index contributed by atoms with van der Waals surface area (Å²) in [6.07, 6.45) is 0.737. The Hall–Kier alpha value is -1.86. The summed E-state index contributed by atoms with van der Waals surface area (Å²) in [5.41, 5.74) is 2.25. The van der Waals surface area contributed by atoms with Crippen molar-refractivity contribution in [1.29, 1.82) is 0 Å². The maximum atomic E-state index is 6.09. The zero-order valence-corrected chi connectivity index (χ0v) is 17.2. The summed E-state index contributed by atoms with van der Waals surface area (Å²) < 4.78 is 7.57. The van der Waals surface area contributed by atoms with Crippen LogP contribution in [0.2, 0.25) is 5.02 Å². The largest absolute Gasteiger partial charge is 0.379 e. The van der Waals surface area contributed by atoms with E-state index in [4.69, 9.17) is 16.3 Å². The third-order valence-corrected chi connectivity index (χ3v) is 5.89. The smallest absolute Gasteiger partial charge is 0.195 e. The molecule has 4 rings (SSSR count). The predicted molar refractivity (Wildman–Crippen MR) is 114 cm³/mol. The second-order valence-electron chi connectivity index (χ2n) is 6.68. The van der Waals surface area contributed by atoms with Crippen molar-refractivity contribution < 1.29 is 4.74 Å². The molecule has 0 amide bonds. The van der Waals surface area contributed by atoms with Crippen molar-refractivity contribution in [2.24, 2.45) is 0 Å². The van der Waals surface area contributed by atoms with Crippen molar-refractivity contribution in [1.82, 2.24) is 19.7 Å². The van der Waals surface area contributed by atoms with Crippen LogP contribution in [0, 0.1) is 0 Å². The summed E-state index contributed by atoms with van der Waals surface area (Å²) in [5.74, 6) is 1.90. The fourth-order valence-corrected chi connectivity index (χ4v) is 4.32. The highest BCUT2D eigenvalue weighted by atomic mass is 35.5. The lowest BCUT2D eigenvalue weighted by atomic mass is 10.1. The van der Waals surface area contributed by atoms with E-state index in [9.17, 15) is 0 Å². The summed E-state index contributed by atoms with van der Waals surface area (Å²) in [5, 5.41) is 10.6. The Labute approximate surface area is 174 Å². The topological polar surface area (TPSA) is 43.2 Å². The normalized spacial score (nSPS) is 15.0. The van der Waals surface area contributed by atoms with Crippen LogP contribution in [0.25, 0.3) is 5.69 Å². The SMILES string of the molecule is Clc1ccc(-n2c(Cc3ccccc3)nnc2SCCN2CCOCC2)cc1. The summed E-state index contributed by atoms with van der Waals surface area (Å²) in [4.78, 5) is 2.43. The molecule has 3 aromatic rings. The molecule has 0 aliphatic carbocycles. The van der Waals surface area contributed by atoms with Crippen molar-refractivity contribution in [3.8, 4) is 5.69 Å². The zero-order chi connectivity index (χ0) is 19.2. The fourth-order valence-electron chi connectivity index (χ4n) is 3.23. The van der Waals surface area contributed by atoms with E-state index >= 15 is 0 Å². The van der Waals surface area contributed by atoms with E-state index < -0.39 is 0 Å². The first-order valence-corrected chi connectivity index (χ1v) is 10.8. The Bertz CT molecular complexity index is 879. The second kappa shape index (κ2) is 9.56. The third kappa shape index (κ3) is 4.94. The van der Waals surface area contributed by atoms with Crippen molar-refractivity contribution in [3.63, 3.8) is 0 Å². The van der Waals surface area contributed by atoms with Gasteiger partial charge in [-0.1, -0.05) is 53.7 Å². The monoisotopic (exact) mass is 414 g/mol. The zero-order valence-electron chi connectivity index (χ0n) is 15.6. The van der Waals surface area contributed by atoms with Crippen LogP contribution in [0.5, 0.6) is 0 Å². The lowest BCUT2D eigenvalue weighted by Gasteiger charge is -2.26. The molecule has 2 heterocycles. The minimum atomic E-state index is 0.725. The second-order valence-corrected chi connectivity index (χ2v) is 8.17. The Balaban J connectivity index is 1.54. The lowest BCUT2D eigenvalue weighted by molar-refractivity contribution is 0.0410. The van der Waals surface area contributed by atoms with Crippen LogP contribution in [0.15, 0.2) is 59.8 Å². The molecule has 1 aliphatic rings. The van der Waals surface area contributed by atoms with Crippen molar-refractivity contribution in [2.45, 2.75) is 11.6 Å². The number of aromatic nitrogens is 3. The third-order valence-electron chi connectivity index (χ3n) is 4.73. The van der Waals surface area contributed by atoms with Gasteiger partial charge in [0.15, 0.2) is 5.16 Å². The average Bonchev–Trinajstić information content (AvgIpc) is 3.12.